The van der Waals surface area contributed by atoms with Gasteiger partial charge < -0.3 is 10.6 Å². The minimum Gasteiger partial charge on any atom is -0.332 e. The van der Waals surface area contributed by atoms with Crippen LogP contribution in [0.5, 0.6) is 0 Å². The molecular formula is C32H31ClFN5O. The molecule has 2 aromatic carbocycles. The van der Waals surface area contributed by atoms with Gasteiger partial charge in [-0.15, -0.1) is 0 Å². The Morgan fingerprint density at radius 3 is 2.75 bits per heavy atom. The zero-order valence-electron chi connectivity index (χ0n) is 22.3. The van der Waals surface area contributed by atoms with Crippen LogP contribution in [-0.4, -0.2) is 20.8 Å². The highest BCUT2D eigenvalue weighted by Crippen LogP contribution is 2.55. The van der Waals surface area contributed by atoms with Gasteiger partial charge in [0.1, 0.15) is 5.82 Å². The van der Waals surface area contributed by atoms with Crippen LogP contribution in [0, 0.1) is 17.2 Å². The normalized spacial score (nSPS) is 20.3. The Morgan fingerprint density at radius 2 is 1.98 bits per heavy atom. The lowest BCUT2D eigenvalue weighted by Gasteiger charge is -2.37. The second-order valence-corrected chi connectivity index (χ2v) is 11.4. The van der Waals surface area contributed by atoms with Gasteiger partial charge in [0.05, 0.1) is 35.9 Å². The van der Waals surface area contributed by atoms with E-state index in [1.807, 2.05) is 29.1 Å². The van der Waals surface area contributed by atoms with E-state index in [1.54, 1.807) is 30.5 Å². The maximum absolute atomic E-state index is 13.5. The van der Waals surface area contributed by atoms with Crippen molar-refractivity contribution in [3.8, 4) is 5.69 Å². The number of hydrogen-bond donors (Lipinski definition) is 2. The summed E-state index contributed by atoms with van der Waals surface area (Å²) in [6.07, 6.45) is 9.62. The molecule has 1 saturated carbocycles. The molecule has 3 atom stereocenters. The molecule has 6 rings (SSSR count). The van der Waals surface area contributed by atoms with E-state index in [9.17, 15) is 9.18 Å². The Hall–Kier alpha value is -3.97. The van der Waals surface area contributed by atoms with Gasteiger partial charge in [0.25, 0.3) is 0 Å². The molecule has 2 aliphatic rings. The third-order valence-electron chi connectivity index (χ3n) is 8.46. The molecule has 0 saturated heterocycles. The maximum Gasteiger partial charge on any atom is 0.315 e. The molecule has 204 valence electrons. The van der Waals surface area contributed by atoms with E-state index in [0.717, 1.165) is 42.6 Å². The summed E-state index contributed by atoms with van der Waals surface area (Å²) >= 11 is 6.07. The van der Waals surface area contributed by atoms with E-state index in [2.05, 4.69) is 45.8 Å². The fraction of sp³-hybridized carbons (Fsp3) is 0.281. The summed E-state index contributed by atoms with van der Waals surface area (Å²) in [6.45, 7) is 2.64. The monoisotopic (exact) mass is 555 g/mol. The predicted octanol–water partition coefficient (Wildman–Crippen LogP) is 7.05. The number of aromatic nitrogens is 3. The SMILES string of the molecule is C[C@]12Cc3cnn(-c4ccc(F)cc4)c3C=C1CC[C@@H]2CC(NC(=O)NCc1cc(Cl)ccn1)c1ccccc1. The van der Waals surface area contributed by atoms with Gasteiger partial charge in [-0.1, -0.05) is 54.4 Å². The van der Waals surface area contributed by atoms with Crippen molar-refractivity contribution in [3.05, 3.63) is 118 Å². The van der Waals surface area contributed by atoms with Crippen molar-refractivity contribution < 1.29 is 9.18 Å². The number of halogens is 2. The van der Waals surface area contributed by atoms with E-state index in [0.29, 0.717) is 23.2 Å². The number of allylic oxidation sites excluding steroid dienone is 1. The number of nitrogens with zero attached hydrogens (tertiary/aromatic N) is 3. The summed E-state index contributed by atoms with van der Waals surface area (Å²) in [4.78, 5) is 17.3. The van der Waals surface area contributed by atoms with Crippen molar-refractivity contribution in [2.24, 2.45) is 11.3 Å². The number of fused-ring (bicyclic) bond motifs is 2. The Morgan fingerprint density at radius 1 is 1.18 bits per heavy atom. The number of nitrogens with one attached hydrogen (secondary N) is 2. The molecule has 0 spiro atoms. The number of hydrogen-bond acceptors (Lipinski definition) is 3. The van der Waals surface area contributed by atoms with Gasteiger partial charge in [-0.2, -0.15) is 5.10 Å². The van der Waals surface area contributed by atoms with Gasteiger partial charge in [0.2, 0.25) is 0 Å². The van der Waals surface area contributed by atoms with Crippen molar-refractivity contribution in [1.82, 2.24) is 25.4 Å². The maximum atomic E-state index is 13.5. The lowest BCUT2D eigenvalue weighted by molar-refractivity contribution is 0.215. The average molecular weight is 556 g/mol. The first kappa shape index (κ1) is 26.3. The number of pyridine rings is 1. The minimum atomic E-state index is -0.259. The van der Waals surface area contributed by atoms with Crippen LogP contribution in [0.3, 0.4) is 0 Å². The molecule has 40 heavy (non-hydrogen) atoms. The third kappa shape index (κ3) is 5.26. The van der Waals surface area contributed by atoms with Gasteiger partial charge in [-0.25, -0.2) is 13.9 Å². The summed E-state index contributed by atoms with van der Waals surface area (Å²) in [5, 5.41) is 11.4. The predicted molar refractivity (Wildman–Crippen MR) is 154 cm³/mol. The fourth-order valence-corrected chi connectivity index (χ4v) is 6.46. The molecule has 4 aromatic rings. The molecule has 2 amide bonds. The fourth-order valence-electron chi connectivity index (χ4n) is 6.27. The first-order valence-electron chi connectivity index (χ1n) is 13.6. The van der Waals surface area contributed by atoms with Gasteiger partial charge >= 0.3 is 6.03 Å². The highest BCUT2D eigenvalue weighted by atomic mass is 35.5. The summed E-state index contributed by atoms with van der Waals surface area (Å²) in [5.41, 5.74) is 6.29. The largest absolute Gasteiger partial charge is 0.332 e. The Kier molecular flexibility index (Phi) is 7.15. The second kappa shape index (κ2) is 10.9. The number of carbonyl (C=O) groups is 1. The number of rotatable bonds is 7. The minimum absolute atomic E-state index is 0.0282. The summed E-state index contributed by atoms with van der Waals surface area (Å²) in [6, 6.07) is 19.7. The molecule has 0 bridgehead atoms. The van der Waals surface area contributed by atoms with Crippen molar-refractivity contribution in [2.45, 2.75) is 45.2 Å². The topological polar surface area (TPSA) is 71.8 Å². The first-order valence-corrected chi connectivity index (χ1v) is 14.0. The van der Waals surface area contributed by atoms with Crippen LogP contribution >= 0.6 is 11.6 Å². The van der Waals surface area contributed by atoms with Crippen LogP contribution in [-0.2, 0) is 13.0 Å². The Labute approximate surface area is 238 Å². The molecule has 0 aliphatic heterocycles. The van der Waals surface area contributed by atoms with Gasteiger partial charge in [-0.3, -0.25) is 4.98 Å². The smallest absolute Gasteiger partial charge is 0.315 e. The average Bonchev–Trinajstić information content (AvgIpc) is 3.50. The zero-order chi connectivity index (χ0) is 27.7. The van der Waals surface area contributed by atoms with E-state index in [1.165, 1.54) is 23.3 Å². The molecule has 0 radical (unpaired) electrons. The summed E-state index contributed by atoms with van der Waals surface area (Å²) < 4.78 is 15.4. The summed E-state index contributed by atoms with van der Waals surface area (Å²) in [5.74, 6) is 0.118. The summed E-state index contributed by atoms with van der Waals surface area (Å²) in [7, 11) is 0. The highest BCUT2D eigenvalue weighted by Gasteiger charge is 2.46. The lowest BCUT2D eigenvalue weighted by atomic mass is 9.68. The molecule has 1 fully saturated rings. The Bertz CT molecular complexity index is 1550. The Balaban J connectivity index is 1.20. The number of urea groups is 1. The third-order valence-corrected chi connectivity index (χ3v) is 8.69. The highest BCUT2D eigenvalue weighted by molar-refractivity contribution is 6.30. The van der Waals surface area contributed by atoms with Crippen molar-refractivity contribution in [2.75, 3.05) is 0 Å². The lowest BCUT2D eigenvalue weighted by Crippen LogP contribution is -2.40. The quantitative estimate of drug-likeness (QED) is 0.257. The van der Waals surface area contributed by atoms with Crippen LogP contribution < -0.4 is 10.6 Å². The van der Waals surface area contributed by atoms with Crippen LogP contribution in [0.25, 0.3) is 11.8 Å². The van der Waals surface area contributed by atoms with Gasteiger partial charge in [0.15, 0.2) is 0 Å². The second-order valence-electron chi connectivity index (χ2n) is 10.9. The molecule has 1 unspecified atom stereocenters. The number of carbonyl (C=O) groups excluding carboxylic acids is 1. The van der Waals surface area contributed by atoms with Crippen molar-refractivity contribution in [1.29, 1.82) is 0 Å². The van der Waals surface area contributed by atoms with E-state index < -0.39 is 0 Å². The van der Waals surface area contributed by atoms with Crippen LogP contribution in [0.4, 0.5) is 9.18 Å². The van der Waals surface area contributed by atoms with E-state index in [4.69, 9.17) is 11.6 Å². The van der Waals surface area contributed by atoms with Crippen LogP contribution in [0.1, 0.15) is 54.7 Å². The molecule has 2 aromatic heterocycles. The molecule has 8 heteroatoms. The molecule has 2 heterocycles. The van der Waals surface area contributed by atoms with Crippen LogP contribution in [0.2, 0.25) is 5.02 Å². The molecule has 2 aliphatic carbocycles. The van der Waals surface area contributed by atoms with Crippen molar-refractivity contribution >= 4 is 23.7 Å². The van der Waals surface area contributed by atoms with Gasteiger partial charge in [0, 0.05) is 11.2 Å². The first-order chi connectivity index (χ1) is 19.4. The molecule has 2 N–H and O–H groups in total. The van der Waals surface area contributed by atoms with Crippen LogP contribution in [0.15, 0.2) is 84.7 Å². The molecular weight excluding hydrogens is 525 g/mol. The van der Waals surface area contributed by atoms with Gasteiger partial charge in [-0.05, 0) is 90.6 Å². The number of benzene rings is 2. The molecule has 6 nitrogen and oxygen atoms in total. The van der Waals surface area contributed by atoms with Crippen molar-refractivity contribution in [3.63, 3.8) is 0 Å². The standard InChI is InChI=1S/C32H31ClFN5O/c1-32-18-22-19-37-39(28-11-9-26(34)10-12-28)30(22)16-24(32)8-7-23(32)15-29(21-5-3-2-4-6-21)38-31(40)36-20-27-17-25(33)13-14-35-27/h2-6,9-14,16-17,19,23,29H,7-8,15,18,20H2,1H3,(H2,36,38,40)/t23-,29?,32-/m1/s1. The zero-order valence-corrected chi connectivity index (χ0v) is 23.0. The van der Waals surface area contributed by atoms with E-state index in [-0.39, 0.29) is 23.3 Å². The van der Waals surface area contributed by atoms with E-state index >= 15 is 0 Å². The number of amides is 2.